The third-order valence-electron chi connectivity index (χ3n) is 3.89. The van der Waals surface area contributed by atoms with Crippen molar-refractivity contribution in [2.24, 2.45) is 0 Å². The van der Waals surface area contributed by atoms with Crippen LogP contribution in [0.25, 0.3) is 0 Å². The molecule has 1 amide bonds. The smallest absolute Gasteiger partial charge is 0.308 e. The molecule has 0 radical (unpaired) electrons. The van der Waals surface area contributed by atoms with Gasteiger partial charge in [-0.15, -0.1) is 0 Å². The zero-order valence-electron chi connectivity index (χ0n) is 13.0. The first-order valence-corrected chi connectivity index (χ1v) is 7.74. The van der Waals surface area contributed by atoms with Crippen molar-refractivity contribution in [3.05, 3.63) is 47.3 Å². The molecule has 0 unspecified atom stereocenters. The molecule has 1 aliphatic heterocycles. The fraction of sp³-hybridized carbons (Fsp3) is 0.353. The molecule has 23 heavy (non-hydrogen) atoms. The van der Waals surface area contributed by atoms with E-state index in [9.17, 15) is 9.59 Å². The van der Waals surface area contributed by atoms with Gasteiger partial charge in [-0.3, -0.25) is 14.3 Å². The van der Waals surface area contributed by atoms with Crippen molar-refractivity contribution in [1.82, 2.24) is 15.1 Å². The predicted molar refractivity (Wildman–Crippen MR) is 84.1 cm³/mol. The number of aromatic nitrogens is 2. The molecule has 6 heteroatoms. The lowest BCUT2D eigenvalue weighted by Gasteiger charge is -2.15. The van der Waals surface area contributed by atoms with Gasteiger partial charge in [-0.1, -0.05) is 0 Å². The van der Waals surface area contributed by atoms with Gasteiger partial charge in [0.15, 0.2) is 0 Å². The first-order chi connectivity index (χ1) is 11.1. The maximum Gasteiger partial charge on any atom is 0.308 e. The molecule has 0 bridgehead atoms. The van der Waals surface area contributed by atoms with Crippen molar-refractivity contribution >= 4 is 11.9 Å². The number of carbonyl (C=O) groups excluding carboxylic acids is 2. The van der Waals surface area contributed by atoms with Gasteiger partial charge < -0.3 is 10.1 Å². The number of benzene rings is 1. The summed E-state index contributed by atoms with van der Waals surface area (Å²) >= 11 is 0. The molecule has 0 fully saturated rings. The Morgan fingerprint density at radius 3 is 2.78 bits per heavy atom. The van der Waals surface area contributed by atoms with Crippen LogP contribution in [0, 0.1) is 0 Å². The number of ether oxygens (including phenoxy) is 1. The van der Waals surface area contributed by atoms with Gasteiger partial charge in [-0.05, 0) is 43.5 Å². The van der Waals surface area contributed by atoms with Gasteiger partial charge >= 0.3 is 5.97 Å². The van der Waals surface area contributed by atoms with Gasteiger partial charge in [0.2, 0.25) is 0 Å². The molecule has 6 nitrogen and oxygen atoms in total. The summed E-state index contributed by atoms with van der Waals surface area (Å²) in [5, 5.41) is 7.28. The lowest BCUT2D eigenvalue weighted by atomic mass is 10.1. The summed E-state index contributed by atoms with van der Waals surface area (Å²) in [5.74, 6) is -0.108. The van der Waals surface area contributed by atoms with Crippen molar-refractivity contribution in [2.45, 2.75) is 39.3 Å². The Labute approximate surface area is 134 Å². The highest BCUT2D eigenvalue weighted by Gasteiger charge is 2.15. The summed E-state index contributed by atoms with van der Waals surface area (Å²) < 4.78 is 6.98. The van der Waals surface area contributed by atoms with Crippen LogP contribution >= 0.6 is 0 Å². The molecule has 1 N–H and O–H groups in total. The summed E-state index contributed by atoms with van der Waals surface area (Å²) in [4.78, 5) is 23.1. The summed E-state index contributed by atoms with van der Waals surface area (Å²) in [6.07, 6.45) is 5.19. The standard InChI is InChI=1S/C17H19N3O3/c1-12(21)23-15-7-5-13(6-8-15)17(22)18-10-14-11-19-20-9-3-2-4-16(14)20/h5-8,11H,2-4,9-10H2,1H3,(H,18,22). The number of amides is 1. The number of hydrogen-bond acceptors (Lipinski definition) is 4. The van der Waals surface area contributed by atoms with Crippen molar-refractivity contribution in [3.63, 3.8) is 0 Å². The van der Waals surface area contributed by atoms with E-state index in [-0.39, 0.29) is 11.9 Å². The second-order valence-electron chi connectivity index (χ2n) is 5.60. The second-order valence-corrected chi connectivity index (χ2v) is 5.60. The maximum atomic E-state index is 12.2. The largest absolute Gasteiger partial charge is 0.427 e. The van der Waals surface area contributed by atoms with E-state index in [1.165, 1.54) is 19.0 Å². The van der Waals surface area contributed by atoms with Crippen LogP contribution in [0.2, 0.25) is 0 Å². The van der Waals surface area contributed by atoms with E-state index in [2.05, 4.69) is 10.4 Å². The number of hydrogen-bond donors (Lipinski definition) is 1. The fourth-order valence-corrected chi connectivity index (χ4v) is 2.75. The molecular weight excluding hydrogens is 294 g/mol. The van der Waals surface area contributed by atoms with Crippen LogP contribution in [0.3, 0.4) is 0 Å². The van der Waals surface area contributed by atoms with E-state index in [1.807, 2.05) is 10.9 Å². The lowest BCUT2D eigenvalue weighted by molar-refractivity contribution is -0.131. The number of aryl methyl sites for hydroxylation is 1. The minimum Gasteiger partial charge on any atom is -0.427 e. The summed E-state index contributed by atoms with van der Waals surface area (Å²) in [6.45, 7) is 2.77. The van der Waals surface area contributed by atoms with E-state index in [0.717, 1.165) is 24.9 Å². The molecule has 3 rings (SSSR count). The lowest BCUT2D eigenvalue weighted by Crippen LogP contribution is -2.23. The van der Waals surface area contributed by atoms with Gasteiger partial charge in [0.1, 0.15) is 5.75 Å². The van der Waals surface area contributed by atoms with E-state index >= 15 is 0 Å². The molecule has 1 aliphatic rings. The highest BCUT2D eigenvalue weighted by atomic mass is 16.5. The molecule has 0 spiro atoms. The summed E-state index contributed by atoms with van der Waals surface area (Å²) in [7, 11) is 0. The topological polar surface area (TPSA) is 73.2 Å². The van der Waals surface area contributed by atoms with Gasteiger partial charge in [-0.25, -0.2) is 0 Å². The molecule has 120 valence electrons. The Balaban J connectivity index is 1.61. The van der Waals surface area contributed by atoms with Crippen molar-refractivity contribution in [1.29, 1.82) is 0 Å². The number of nitrogens with one attached hydrogen (secondary N) is 1. The molecule has 2 aromatic rings. The summed E-state index contributed by atoms with van der Waals surface area (Å²) in [5.41, 5.74) is 2.83. The average molecular weight is 313 g/mol. The molecular formula is C17H19N3O3. The highest BCUT2D eigenvalue weighted by molar-refractivity contribution is 5.94. The Bertz CT molecular complexity index is 719. The first kappa shape index (κ1) is 15.3. The number of nitrogens with zero attached hydrogens (tertiary/aromatic N) is 2. The van der Waals surface area contributed by atoms with Crippen LogP contribution in [0.1, 0.15) is 41.4 Å². The highest BCUT2D eigenvalue weighted by Crippen LogP contribution is 2.18. The van der Waals surface area contributed by atoms with Crippen molar-refractivity contribution in [2.75, 3.05) is 0 Å². The Morgan fingerprint density at radius 1 is 1.26 bits per heavy atom. The van der Waals surface area contributed by atoms with Crippen LogP contribution in [0.5, 0.6) is 5.75 Å². The van der Waals surface area contributed by atoms with Crippen molar-refractivity contribution in [3.8, 4) is 5.75 Å². The normalized spacial score (nSPS) is 13.3. The molecule has 0 atom stereocenters. The van der Waals surface area contributed by atoms with Crippen LogP contribution < -0.4 is 10.1 Å². The second kappa shape index (κ2) is 6.64. The van der Waals surface area contributed by atoms with Crippen LogP contribution in [0.15, 0.2) is 30.5 Å². The minimum absolute atomic E-state index is 0.157. The third kappa shape index (κ3) is 3.59. The Hall–Kier alpha value is -2.63. The molecule has 2 heterocycles. The van der Waals surface area contributed by atoms with Crippen molar-refractivity contribution < 1.29 is 14.3 Å². The maximum absolute atomic E-state index is 12.2. The van der Waals surface area contributed by atoms with Crippen LogP contribution in [-0.2, 0) is 24.3 Å². The number of fused-ring (bicyclic) bond motifs is 1. The number of rotatable bonds is 4. The van der Waals surface area contributed by atoms with E-state index in [1.54, 1.807) is 24.3 Å². The molecule has 1 aromatic carbocycles. The Kier molecular flexibility index (Phi) is 4.41. The first-order valence-electron chi connectivity index (χ1n) is 7.74. The monoisotopic (exact) mass is 313 g/mol. The Morgan fingerprint density at radius 2 is 2.04 bits per heavy atom. The third-order valence-corrected chi connectivity index (χ3v) is 3.89. The fourth-order valence-electron chi connectivity index (χ4n) is 2.75. The summed E-state index contributed by atoms with van der Waals surface area (Å²) in [6, 6.07) is 6.50. The van der Waals surface area contributed by atoms with E-state index < -0.39 is 0 Å². The molecule has 0 aliphatic carbocycles. The van der Waals surface area contributed by atoms with Crippen LogP contribution in [0.4, 0.5) is 0 Å². The number of carbonyl (C=O) groups is 2. The SMILES string of the molecule is CC(=O)Oc1ccc(C(=O)NCc2cnn3c2CCCC3)cc1. The van der Waals surface area contributed by atoms with Gasteiger partial charge in [0.05, 0.1) is 6.20 Å². The van der Waals surface area contributed by atoms with Gasteiger partial charge in [0, 0.05) is 36.8 Å². The zero-order valence-corrected chi connectivity index (χ0v) is 13.0. The van der Waals surface area contributed by atoms with E-state index in [0.29, 0.717) is 17.9 Å². The van der Waals surface area contributed by atoms with Gasteiger partial charge in [-0.2, -0.15) is 5.10 Å². The average Bonchev–Trinajstić information content (AvgIpc) is 2.96. The molecule has 0 saturated carbocycles. The minimum atomic E-state index is -0.381. The quantitative estimate of drug-likeness (QED) is 0.693. The molecule has 0 saturated heterocycles. The zero-order chi connectivity index (χ0) is 16.2. The predicted octanol–water partition coefficient (Wildman–Crippen LogP) is 2.07. The van der Waals surface area contributed by atoms with Gasteiger partial charge in [0.25, 0.3) is 5.91 Å². The van der Waals surface area contributed by atoms with E-state index in [4.69, 9.17) is 4.74 Å². The molecule has 1 aromatic heterocycles. The van der Waals surface area contributed by atoms with Crippen LogP contribution in [-0.4, -0.2) is 21.7 Å². The number of esters is 1.